The number of hydrogen-bond acceptors (Lipinski definition) is 6. The normalized spacial score (nSPS) is 32.7. The molecule has 5 atom stereocenters. The Morgan fingerprint density at radius 3 is 2.82 bits per heavy atom. The summed E-state index contributed by atoms with van der Waals surface area (Å²) in [5, 5.41) is 10.9. The Labute approximate surface area is 235 Å². The molecule has 6 rings (SSSR count). The maximum absolute atomic E-state index is 13.1. The van der Waals surface area contributed by atoms with Gasteiger partial charge in [-0.3, -0.25) is 4.79 Å². The lowest BCUT2D eigenvalue weighted by Gasteiger charge is -2.45. The van der Waals surface area contributed by atoms with Crippen LogP contribution in [0, 0.1) is 11.8 Å². The molecule has 1 amide bonds. The summed E-state index contributed by atoms with van der Waals surface area (Å²) in [4.78, 5) is 15.4. The van der Waals surface area contributed by atoms with Crippen LogP contribution in [0.25, 0.3) is 0 Å². The van der Waals surface area contributed by atoms with Gasteiger partial charge >= 0.3 is 0 Å². The SMILES string of the molecule is C[C@@H]1C/C=C\[C@H](O)[C@@H]2CC[C@H]2CN2C[C@@]3(CCCc4cc(Cl)ccc43)COc3ccc(cc32)C(=O)NS1(=O)=O. The number of amides is 1. The third kappa shape index (κ3) is 4.96. The standard InChI is InChI=1S/C30H35ClN2O5S/c1-19-4-2-6-27(34)24-10-7-22(24)16-33-17-30(13-3-5-20-14-23(31)9-11-25(20)30)18-38-28-12-8-21(15-26(28)33)29(35)32-39(19,36)37/h2,6,8-9,11-12,14-15,19,22,24,27,34H,3-5,7,10,13,16-18H2,1H3,(H,32,35)/b6-2-/t19-,22+,24-,27+,30+/m1/s1. The van der Waals surface area contributed by atoms with E-state index in [9.17, 15) is 18.3 Å². The van der Waals surface area contributed by atoms with Gasteiger partial charge < -0.3 is 14.7 Å². The van der Waals surface area contributed by atoms with Crippen molar-refractivity contribution in [3.63, 3.8) is 0 Å². The second-order valence-electron chi connectivity index (χ2n) is 11.7. The molecular formula is C30H35ClN2O5S. The number of sulfonamides is 1. The minimum absolute atomic E-state index is 0.0993. The largest absolute Gasteiger partial charge is 0.490 e. The molecule has 0 aromatic heterocycles. The van der Waals surface area contributed by atoms with Crippen LogP contribution < -0.4 is 14.4 Å². The van der Waals surface area contributed by atoms with Gasteiger partial charge in [-0.25, -0.2) is 13.1 Å². The van der Waals surface area contributed by atoms with E-state index in [2.05, 4.69) is 21.8 Å². The van der Waals surface area contributed by atoms with Gasteiger partial charge in [0, 0.05) is 29.1 Å². The zero-order valence-electron chi connectivity index (χ0n) is 22.1. The highest BCUT2D eigenvalue weighted by atomic mass is 35.5. The lowest BCUT2D eigenvalue weighted by atomic mass is 9.68. The molecule has 2 aliphatic carbocycles. The van der Waals surface area contributed by atoms with Crippen LogP contribution >= 0.6 is 11.6 Å². The van der Waals surface area contributed by atoms with Crippen molar-refractivity contribution in [1.82, 2.24) is 4.72 Å². The first-order chi connectivity index (χ1) is 18.6. The summed E-state index contributed by atoms with van der Waals surface area (Å²) in [5.74, 6) is 0.398. The second-order valence-corrected chi connectivity index (χ2v) is 14.3. The molecule has 2 bridgehead atoms. The van der Waals surface area contributed by atoms with Crippen LogP contribution in [-0.2, 0) is 21.9 Å². The number of fused-ring (bicyclic) bond motifs is 4. The number of nitrogens with zero attached hydrogens (tertiary/aromatic N) is 1. The molecule has 39 heavy (non-hydrogen) atoms. The first-order valence-electron chi connectivity index (χ1n) is 13.9. The summed E-state index contributed by atoms with van der Waals surface area (Å²) in [5.41, 5.74) is 3.33. The van der Waals surface area contributed by atoms with Gasteiger partial charge in [0.1, 0.15) is 5.75 Å². The van der Waals surface area contributed by atoms with Gasteiger partial charge in [-0.2, -0.15) is 0 Å². The van der Waals surface area contributed by atoms with Gasteiger partial charge in [0.2, 0.25) is 10.0 Å². The summed E-state index contributed by atoms with van der Waals surface area (Å²) in [6.07, 6.45) is 7.93. The van der Waals surface area contributed by atoms with E-state index < -0.39 is 27.3 Å². The van der Waals surface area contributed by atoms with E-state index in [-0.39, 0.29) is 29.2 Å². The van der Waals surface area contributed by atoms with E-state index in [0.29, 0.717) is 18.9 Å². The lowest BCUT2D eigenvalue weighted by molar-refractivity contribution is 0.0456. The lowest BCUT2D eigenvalue weighted by Crippen LogP contribution is -2.49. The molecule has 208 valence electrons. The van der Waals surface area contributed by atoms with E-state index in [1.165, 1.54) is 11.1 Å². The summed E-state index contributed by atoms with van der Waals surface area (Å²) in [7, 11) is -3.90. The minimum atomic E-state index is -3.90. The van der Waals surface area contributed by atoms with E-state index >= 15 is 0 Å². The highest BCUT2D eigenvalue weighted by Crippen LogP contribution is 2.46. The molecule has 2 aliphatic heterocycles. The zero-order chi connectivity index (χ0) is 27.4. The molecule has 7 nitrogen and oxygen atoms in total. The van der Waals surface area contributed by atoms with Gasteiger partial charge in [0.15, 0.2) is 0 Å². The Bertz CT molecular complexity index is 1430. The molecule has 0 saturated heterocycles. The van der Waals surface area contributed by atoms with E-state index in [4.69, 9.17) is 16.3 Å². The molecule has 2 heterocycles. The number of carbonyl (C=O) groups is 1. The van der Waals surface area contributed by atoms with Crippen LogP contribution in [0.15, 0.2) is 48.6 Å². The van der Waals surface area contributed by atoms with Gasteiger partial charge in [0.25, 0.3) is 5.91 Å². The van der Waals surface area contributed by atoms with Crippen molar-refractivity contribution in [2.24, 2.45) is 11.8 Å². The highest BCUT2D eigenvalue weighted by molar-refractivity contribution is 7.90. The predicted octanol–water partition coefficient (Wildman–Crippen LogP) is 4.61. The van der Waals surface area contributed by atoms with Gasteiger partial charge in [-0.05, 0) is 98.7 Å². The number of anilines is 1. The van der Waals surface area contributed by atoms with Gasteiger partial charge in [-0.15, -0.1) is 0 Å². The summed E-state index contributed by atoms with van der Waals surface area (Å²) in [6.45, 7) is 3.49. The number of rotatable bonds is 0. The number of aliphatic hydroxyl groups is 1. The number of ether oxygens (including phenoxy) is 1. The number of aryl methyl sites for hydroxylation is 1. The number of benzene rings is 2. The fourth-order valence-corrected chi connectivity index (χ4v) is 7.91. The smallest absolute Gasteiger partial charge is 0.264 e. The van der Waals surface area contributed by atoms with Crippen molar-refractivity contribution in [1.29, 1.82) is 0 Å². The topological polar surface area (TPSA) is 95.9 Å². The third-order valence-corrected chi connectivity index (χ3v) is 11.2. The Morgan fingerprint density at radius 1 is 1.18 bits per heavy atom. The molecule has 1 saturated carbocycles. The van der Waals surface area contributed by atoms with Gasteiger partial charge in [0.05, 0.1) is 23.6 Å². The van der Waals surface area contributed by atoms with Crippen molar-refractivity contribution in [3.05, 3.63) is 70.3 Å². The van der Waals surface area contributed by atoms with Crippen molar-refractivity contribution in [2.45, 2.75) is 62.2 Å². The number of hydrogen-bond donors (Lipinski definition) is 2. The van der Waals surface area contributed by atoms with Crippen LogP contribution in [0.2, 0.25) is 5.02 Å². The van der Waals surface area contributed by atoms with Crippen LogP contribution in [-0.4, -0.2) is 50.5 Å². The third-order valence-electron chi connectivity index (χ3n) is 9.24. The maximum atomic E-state index is 13.1. The fraction of sp³-hybridized carbons (Fsp3) is 0.500. The molecule has 1 spiro atoms. The van der Waals surface area contributed by atoms with Crippen molar-refractivity contribution in [3.8, 4) is 5.75 Å². The quantitative estimate of drug-likeness (QED) is 0.449. The van der Waals surface area contributed by atoms with E-state index in [1.807, 2.05) is 6.07 Å². The molecule has 4 aliphatic rings. The zero-order valence-corrected chi connectivity index (χ0v) is 23.7. The predicted molar refractivity (Wildman–Crippen MR) is 152 cm³/mol. The summed E-state index contributed by atoms with van der Waals surface area (Å²) >= 11 is 6.36. The second kappa shape index (κ2) is 10.1. The molecule has 2 aromatic rings. The fourth-order valence-electron chi connectivity index (χ4n) is 6.78. The maximum Gasteiger partial charge on any atom is 0.264 e. The van der Waals surface area contributed by atoms with Crippen molar-refractivity contribution < 1.29 is 23.1 Å². The molecule has 1 fully saturated rings. The summed E-state index contributed by atoms with van der Waals surface area (Å²) < 4.78 is 34.5. The number of allylic oxidation sites excluding steroid dienone is 1. The monoisotopic (exact) mass is 570 g/mol. The van der Waals surface area contributed by atoms with Crippen LogP contribution in [0.4, 0.5) is 5.69 Å². The Kier molecular flexibility index (Phi) is 6.92. The van der Waals surface area contributed by atoms with E-state index in [1.54, 1.807) is 37.3 Å². The molecule has 2 aromatic carbocycles. The summed E-state index contributed by atoms with van der Waals surface area (Å²) in [6, 6.07) is 11.3. The van der Waals surface area contributed by atoms with Crippen LogP contribution in [0.3, 0.4) is 0 Å². The molecule has 0 unspecified atom stereocenters. The first kappa shape index (κ1) is 26.7. The molecule has 0 radical (unpaired) electrons. The average molecular weight is 571 g/mol. The van der Waals surface area contributed by atoms with Crippen LogP contribution in [0.1, 0.15) is 60.5 Å². The molecular weight excluding hydrogens is 536 g/mol. The van der Waals surface area contributed by atoms with Gasteiger partial charge in [-0.1, -0.05) is 29.8 Å². The number of carbonyl (C=O) groups excluding carboxylic acids is 1. The minimum Gasteiger partial charge on any atom is -0.490 e. The number of halogens is 1. The number of aliphatic hydroxyl groups excluding tert-OH is 1. The van der Waals surface area contributed by atoms with E-state index in [0.717, 1.165) is 49.4 Å². The van der Waals surface area contributed by atoms with Crippen molar-refractivity contribution in [2.75, 3.05) is 24.6 Å². The average Bonchev–Trinajstić information content (AvgIpc) is 3.02. The molecule has 9 heteroatoms. The Hall–Kier alpha value is -2.55. The van der Waals surface area contributed by atoms with Crippen LogP contribution in [0.5, 0.6) is 5.75 Å². The highest BCUT2D eigenvalue weighted by Gasteiger charge is 2.44. The Balaban J connectivity index is 1.43. The number of nitrogens with one attached hydrogen (secondary N) is 1. The first-order valence-corrected chi connectivity index (χ1v) is 15.8. The Morgan fingerprint density at radius 2 is 2.03 bits per heavy atom. The van der Waals surface area contributed by atoms with Crippen molar-refractivity contribution >= 4 is 33.2 Å². The molecule has 2 N–H and O–H groups in total.